The highest BCUT2D eigenvalue weighted by Crippen LogP contribution is 2.45. The molecule has 3 aromatic carbocycles. The molecule has 6 heteroatoms. The second-order valence-electron chi connectivity index (χ2n) is 8.86. The summed E-state index contributed by atoms with van der Waals surface area (Å²) in [5.74, 6) is 0.643. The van der Waals surface area contributed by atoms with Crippen LogP contribution in [0.4, 0.5) is 17.1 Å². The smallest absolute Gasteiger partial charge is 0.196 e. The van der Waals surface area contributed by atoms with E-state index < -0.39 is 8.07 Å². The van der Waals surface area contributed by atoms with Crippen LogP contribution in [-0.4, -0.2) is 25.2 Å². The standard InChI is InChI=1S/C24H23N3O2Si/c1-30(2,3)14-25-19-13-18(26-15-9-5-4-6-10-15)20-21-22(19)27-29-24(21)17-12-8-7-11-16(17)23(20)28/h4-13,25-26H,14H2,1-3H3. The van der Waals surface area contributed by atoms with Gasteiger partial charge < -0.3 is 15.2 Å². The SMILES string of the molecule is C[Si](C)(C)CNc1cc(Nc2ccccc2)c2c3c(onc13)-c1ccccc1C2=O. The first-order valence-electron chi connectivity index (χ1n) is 10.1. The van der Waals surface area contributed by atoms with Gasteiger partial charge in [-0.15, -0.1) is 0 Å². The van der Waals surface area contributed by atoms with Crippen LogP contribution < -0.4 is 10.6 Å². The number of rotatable bonds is 5. The van der Waals surface area contributed by atoms with Crippen molar-refractivity contribution in [2.75, 3.05) is 16.8 Å². The highest BCUT2D eigenvalue weighted by Gasteiger charge is 2.33. The van der Waals surface area contributed by atoms with E-state index in [1.807, 2.05) is 60.7 Å². The Morgan fingerprint density at radius 3 is 2.37 bits per heavy atom. The molecule has 0 aliphatic heterocycles. The average molecular weight is 414 g/mol. The summed E-state index contributed by atoms with van der Waals surface area (Å²) in [4.78, 5) is 13.5. The van der Waals surface area contributed by atoms with Gasteiger partial charge in [-0.25, -0.2) is 0 Å². The number of nitrogens with one attached hydrogen (secondary N) is 2. The van der Waals surface area contributed by atoms with Crippen molar-refractivity contribution in [1.82, 2.24) is 5.16 Å². The lowest BCUT2D eigenvalue weighted by molar-refractivity contribution is 0.104. The van der Waals surface area contributed by atoms with Crippen molar-refractivity contribution in [3.05, 3.63) is 71.8 Å². The van der Waals surface area contributed by atoms with Crippen LogP contribution in [0.15, 0.2) is 65.2 Å². The quantitative estimate of drug-likeness (QED) is 0.342. The number of fused-ring (bicyclic) bond motifs is 2. The van der Waals surface area contributed by atoms with Crippen molar-refractivity contribution < 1.29 is 9.32 Å². The summed E-state index contributed by atoms with van der Waals surface area (Å²) in [6.45, 7) is 6.93. The molecule has 0 spiro atoms. The van der Waals surface area contributed by atoms with Gasteiger partial charge in [-0.3, -0.25) is 4.79 Å². The van der Waals surface area contributed by atoms with Crippen LogP contribution in [0.3, 0.4) is 0 Å². The van der Waals surface area contributed by atoms with Crippen molar-refractivity contribution in [3.8, 4) is 11.3 Å². The number of para-hydroxylation sites is 1. The van der Waals surface area contributed by atoms with Gasteiger partial charge in [-0.05, 0) is 18.2 Å². The third-order valence-electron chi connectivity index (χ3n) is 5.26. The lowest BCUT2D eigenvalue weighted by atomic mass is 9.86. The molecule has 0 fully saturated rings. The van der Waals surface area contributed by atoms with Gasteiger partial charge in [0.05, 0.1) is 30.4 Å². The molecule has 5 nitrogen and oxygen atoms in total. The number of hydrogen-bond acceptors (Lipinski definition) is 5. The molecular formula is C24H23N3O2Si. The van der Waals surface area contributed by atoms with Gasteiger partial charge in [0, 0.05) is 23.0 Å². The van der Waals surface area contributed by atoms with E-state index in [9.17, 15) is 4.79 Å². The summed E-state index contributed by atoms with van der Waals surface area (Å²) in [6.07, 6.45) is 0.902. The molecule has 4 aromatic rings. The molecule has 0 unspecified atom stereocenters. The molecule has 0 saturated carbocycles. The number of carbonyl (C=O) groups excluding carboxylic acids is 1. The summed E-state index contributed by atoms with van der Waals surface area (Å²) in [6, 6.07) is 19.4. The molecule has 1 aromatic heterocycles. The Labute approximate surface area is 176 Å². The van der Waals surface area contributed by atoms with E-state index >= 15 is 0 Å². The van der Waals surface area contributed by atoms with Crippen molar-refractivity contribution in [1.29, 1.82) is 0 Å². The molecule has 0 saturated heterocycles. The minimum atomic E-state index is -1.35. The fourth-order valence-corrected chi connectivity index (χ4v) is 4.55. The minimum absolute atomic E-state index is 0.0125. The van der Waals surface area contributed by atoms with Gasteiger partial charge in [0.25, 0.3) is 0 Å². The molecule has 0 amide bonds. The summed E-state index contributed by atoms with van der Waals surface area (Å²) < 4.78 is 5.79. The number of carbonyl (C=O) groups is 1. The maximum Gasteiger partial charge on any atom is 0.196 e. The largest absolute Gasteiger partial charge is 0.386 e. The molecule has 0 atom stereocenters. The number of hydrogen-bond donors (Lipinski definition) is 2. The van der Waals surface area contributed by atoms with Crippen LogP contribution in [-0.2, 0) is 0 Å². The first-order chi connectivity index (χ1) is 14.4. The number of benzene rings is 3. The lowest BCUT2D eigenvalue weighted by Gasteiger charge is -2.21. The third kappa shape index (κ3) is 3.09. The lowest BCUT2D eigenvalue weighted by Crippen LogP contribution is -2.31. The number of anilines is 3. The second-order valence-corrected chi connectivity index (χ2v) is 14.3. The predicted octanol–water partition coefficient (Wildman–Crippen LogP) is 6.07. The molecule has 2 N–H and O–H groups in total. The Bertz CT molecular complexity index is 1270. The van der Waals surface area contributed by atoms with Crippen LogP contribution in [0.1, 0.15) is 15.9 Å². The maximum absolute atomic E-state index is 13.5. The molecule has 150 valence electrons. The zero-order chi connectivity index (χ0) is 20.9. The fraction of sp³-hybridized carbons (Fsp3) is 0.167. The van der Waals surface area contributed by atoms with Crippen molar-refractivity contribution in [2.24, 2.45) is 0 Å². The van der Waals surface area contributed by atoms with Crippen LogP contribution in [0.25, 0.3) is 22.2 Å². The molecule has 30 heavy (non-hydrogen) atoms. The van der Waals surface area contributed by atoms with Gasteiger partial charge >= 0.3 is 0 Å². The van der Waals surface area contributed by atoms with Crippen molar-refractivity contribution in [2.45, 2.75) is 19.6 Å². The topological polar surface area (TPSA) is 67.2 Å². The first kappa shape index (κ1) is 18.6. The van der Waals surface area contributed by atoms with E-state index in [0.717, 1.165) is 34.2 Å². The number of aromatic nitrogens is 1. The Hall–Kier alpha value is -3.38. The van der Waals surface area contributed by atoms with Gasteiger partial charge in [0.2, 0.25) is 0 Å². The fourth-order valence-electron chi connectivity index (χ4n) is 3.83. The molecule has 0 bridgehead atoms. The van der Waals surface area contributed by atoms with Gasteiger partial charge in [0.1, 0.15) is 5.52 Å². The first-order valence-corrected chi connectivity index (χ1v) is 13.8. The molecule has 1 aliphatic carbocycles. The van der Waals surface area contributed by atoms with Crippen molar-refractivity contribution in [3.63, 3.8) is 0 Å². The van der Waals surface area contributed by atoms with Gasteiger partial charge in [-0.2, -0.15) is 0 Å². The van der Waals surface area contributed by atoms with Crippen LogP contribution in [0.5, 0.6) is 0 Å². The predicted molar refractivity (Wildman–Crippen MR) is 124 cm³/mol. The summed E-state index contributed by atoms with van der Waals surface area (Å²) >= 11 is 0. The van der Waals surface area contributed by atoms with E-state index in [1.54, 1.807) is 0 Å². The molecule has 0 radical (unpaired) electrons. The average Bonchev–Trinajstić information content (AvgIpc) is 3.17. The van der Waals surface area contributed by atoms with E-state index in [1.165, 1.54) is 0 Å². The zero-order valence-corrected chi connectivity index (χ0v) is 18.2. The minimum Gasteiger partial charge on any atom is -0.386 e. The zero-order valence-electron chi connectivity index (χ0n) is 17.2. The Kier molecular flexibility index (Phi) is 4.25. The highest BCUT2D eigenvalue weighted by molar-refractivity contribution is 6.76. The van der Waals surface area contributed by atoms with E-state index in [2.05, 4.69) is 35.4 Å². The van der Waals surface area contributed by atoms with Crippen LogP contribution in [0, 0.1) is 0 Å². The Balaban J connectivity index is 1.75. The van der Waals surface area contributed by atoms with Crippen LogP contribution >= 0.6 is 0 Å². The van der Waals surface area contributed by atoms with E-state index in [-0.39, 0.29) is 5.78 Å². The summed E-state index contributed by atoms with van der Waals surface area (Å²) in [5, 5.41) is 12.2. The summed E-state index contributed by atoms with van der Waals surface area (Å²) in [7, 11) is -1.35. The second kappa shape index (κ2) is 6.85. The molecule has 1 aliphatic rings. The molecule has 1 heterocycles. The monoisotopic (exact) mass is 413 g/mol. The summed E-state index contributed by atoms with van der Waals surface area (Å²) in [5.41, 5.74) is 5.33. The maximum atomic E-state index is 13.5. The normalized spacial score (nSPS) is 12.7. The highest BCUT2D eigenvalue weighted by atomic mass is 28.3. The van der Waals surface area contributed by atoms with E-state index in [4.69, 9.17) is 4.52 Å². The van der Waals surface area contributed by atoms with Gasteiger partial charge in [0.15, 0.2) is 11.5 Å². The van der Waals surface area contributed by atoms with Crippen LogP contribution in [0.2, 0.25) is 19.6 Å². The number of nitrogens with zero attached hydrogens (tertiary/aromatic N) is 1. The molecule has 5 rings (SSSR count). The Morgan fingerprint density at radius 2 is 1.63 bits per heavy atom. The van der Waals surface area contributed by atoms with E-state index in [0.29, 0.717) is 22.4 Å². The van der Waals surface area contributed by atoms with Crippen molar-refractivity contribution >= 4 is 41.8 Å². The third-order valence-corrected chi connectivity index (χ3v) is 6.50. The number of ketones is 1. The Morgan fingerprint density at radius 1 is 0.933 bits per heavy atom. The molecular weight excluding hydrogens is 390 g/mol. The van der Waals surface area contributed by atoms with Gasteiger partial charge in [-0.1, -0.05) is 67.3 Å².